The summed E-state index contributed by atoms with van der Waals surface area (Å²) in [7, 11) is 0. The van der Waals surface area contributed by atoms with E-state index in [1.165, 1.54) is 3.93 Å². The number of urea groups is 1. The molecular weight excluding hydrogens is 223 g/mol. The van der Waals surface area contributed by atoms with Crippen LogP contribution in [-0.4, -0.2) is 51.0 Å². The van der Waals surface area contributed by atoms with E-state index in [4.69, 9.17) is 0 Å². The van der Waals surface area contributed by atoms with Crippen LogP contribution < -0.4 is 5.32 Å². The number of rotatable bonds is 0. The summed E-state index contributed by atoms with van der Waals surface area (Å²) in [5, 5.41) is 2.16. The van der Waals surface area contributed by atoms with Crippen molar-refractivity contribution in [3.63, 3.8) is 0 Å². The topological polar surface area (TPSA) is 49.4 Å². The molecule has 0 aromatic carbocycles. The Morgan fingerprint density at radius 1 is 1.45 bits per heavy atom. The predicted molar refractivity (Wildman–Crippen MR) is 45.5 cm³/mol. The molecule has 1 N–H and O–H groups in total. The normalized spacial score (nSPS) is 21.2. The molecule has 0 spiro atoms. The summed E-state index contributed by atoms with van der Waals surface area (Å²) < 4.78 is 1.20. The van der Waals surface area contributed by atoms with Gasteiger partial charge in [0, 0.05) is 0 Å². The summed E-state index contributed by atoms with van der Waals surface area (Å²) in [5.74, 6) is -0.283. The Morgan fingerprint density at radius 2 is 1.91 bits per heavy atom. The van der Waals surface area contributed by atoms with Crippen LogP contribution in [0.4, 0.5) is 4.79 Å². The van der Waals surface area contributed by atoms with Crippen LogP contribution in [-0.2, 0) is 4.79 Å². The Labute approximate surface area is 95.3 Å². The fourth-order valence-corrected chi connectivity index (χ4v) is 0.892. The van der Waals surface area contributed by atoms with Gasteiger partial charge >= 0.3 is 35.6 Å². The maximum absolute atomic E-state index is 10.9. The predicted octanol–water partition coefficient (Wildman–Crippen LogP) is -0.0218. The van der Waals surface area contributed by atoms with Crippen LogP contribution in [0, 0.1) is 0 Å². The van der Waals surface area contributed by atoms with E-state index in [0.717, 1.165) is 0 Å². The first-order valence-corrected chi connectivity index (χ1v) is 3.48. The van der Waals surface area contributed by atoms with Gasteiger partial charge in [0.25, 0.3) is 5.91 Å². The van der Waals surface area contributed by atoms with E-state index >= 15 is 0 Å². The summed E-state index contributed by atoms with van der Waals surface area (Å²) in [5.41, 5.74) is -0.767. The van der Waals surface area contributed by atoms with E-state index in [0.29, 0.717) is 0 Å². The Kier molecular flexibility index (Phi) is 3.56. The SMILES string of the molecule is CC1(C)C(=O)NC(=O)N1Br.[NaH]. The number of amides is 3. The molecule has 58 valence electrons. The summed E-state index contributed by atoms with van der Waals surface area (Å²) in [6, 6.07) is -0.407. The van der Waals surface area contributed by atoms with Crippen molar-refractivity contribution in [2.75, 3.05) is 0 Å². The number of nitrogens with zero attached hydrogens (tertiary/aromatic N) is 1. The van der Waals surface area contributed by atoms with E-state index < -0.39 is 11.6 Å². The number of carbonyl (C=O) groups excluding carboxylic acids is 2. The van der Waals surface area contributed by atoms with Gasteiger partial charge in [0.05, 0.1) is 16.1 Å². The van der Waals surface area contributed by atoms with Gasteiger partial charge < -0.3 is 0 Å². The van der Waals surface area contributed by atoms with Crippen LogP contribution in [0.2, 0.25) is 0 Å². The third-order valence-corrected chi connectivity index (χ3v) is 2.65. The van der Waals surface area contributed by atoms with E-state index in [1.54, 1.807) is 13.8 Å². The molecule has 1 aliphatic rings. The quantitative estimate of drug-likeness (QED) is 0.362. The first-order chi connectivity index (χ1) is 4.46. The molecule has 4 nitrogen and oxygen atoms in total. The Hall–Kier alpha value is 0.420. The number of carbonyl (C=O) groups is 2. The molecule has 0 aromatic heterocycles. The standard InChI is InChI=1S/C5H7BrN2O2.Na.H/c1-5(2)3(9)7-4(10)8(5)6;;/h1-2H3,(H,7,9,10);;. The van der Waals surface area contributed by atoms with Crippen LogP contribution >= 0.6 is 16.1 Å². The summed E-state index contributed by atoms with van der Waals surface area (Å²) in [4.78, 5) is 21.7. The molecule has 6 heteroatoms. The summed E-state index contributed by atoms with van der Waals surface area (Å²) >= 11 is 2.97. The van der Waals surface area contributed by atoms with E-state index in [1.807, 2.05) is 0 Å². The van der Waals surface area contributed by atoms with Gasteiger partial charge in [0.15, 0.2) is 0 Å². The zero-order valence-electron chi connectivity index (χ0n) is 5.64. The average Bonchev–Trinajstić information content (AvgIpc) is 1.97. The third kappa shape index (κ3) is 1.77. The fraction of sp³-hybridized carbons (Fsp3) is 0.600. The molecule has 0 atom stereocenters. The van der Waals surface area contributed by atoms with Crippen molar-refractivity contribution in [3.8, 4) is 0 Å². The molecular formula is C5H8BrN2NaO2. The summed E-state index contributed by atoms with van der Waals surface area (Å²) in [6.45, 7) is 3.31. The van der Waals surface area contributed by atoms with Crippen molar-refractivity contribution in [2.45, 2.75) is 19.4 Å². The van der Waals surface area contributed by atoms with Crippen LogP contribution in [0.5, 0.6) is 0 Å². The molecule has 1 fully saturated rings. The second kappa shape index (κ2) is 3.43. The van der Waals surface area contributed by atoms with Crippen LogP contribution in [0.1, 0.15) is 13.8 Å². The first kappa shape index (κ1) is 11.4. The molecule has 0 saturated carbocycles. The van der Waals surface area contributed by atoms with Gasteiger partial charge in [0.1, 0.15) is 5.54 Å². The Morgan fingerprint density at radius 3 is 2.00 bits per heavy atom. The second-order valence-electron chi connectivity index (χ2n) is 2.60. The molecule has 11 heavy (non-hydrogen) atoms. The van der Waals surface area contributed by atoms with Crippen molar-refractivity contribution >= 4 is 57.6 Å². The number of halogens is 1. The van der Waals surface area contributed by atoms with E-state index in [9.17, 15) is 9.59 Å². The van der Waals surface area contributed by atoms with Gasteiger partial charge in [-0.2, -0.15) is 0 Å². The minimum atomic E-state index is -0.767. The van der Waals surface area contributed by atoms with E-state index in [2.05, 4.69) is 21.5 Å². The minimum absolute atomic E-state index is 0. The molecule has 0 unspecified atom stereocenters. The third-order valence-electron chi connectivity index (χ3n) is 1.45. The molecule has 0 bridgehead atoms. The molecule has 1 aliphatic heterocycles. The Bertz CT molecular complexity index is 207. The molecule has 1 rings (SSSR count). The van der Waals surface area contributed by atoms with Gasteiger partial charge in [-0.25, -0.2) is 8.72 Å². The van der Waals surface area contributed by atoms with Crippen molar-refractivity contribution in [2.24, 2.45) is 0 Å². The zero-order chi connectivity index (χ0) is 7.94. The van der Waals surface area contributed by atoms with Crippen LogP contribution in [0.3, 0.4) is 0 Å². The maximum atomic E-state index is 10.9. The Balaban J connectivity index is 0.000001000. The number of hydrogen-bond acceptors (Lipinski definition) is 2. The van der Waals surface area contributed by atoms with Gasteiger partial charge in [-0.05, 0) is 13.8 Å². The molecule has 1 saturated heterocycles. The molecule has 0 aliphatic carbocycles. The molecule has 0 radical (unpaired) electrons. The van der Waals surface area contributed by atoms with Gasteiger partial charge in [0.2, 0.25) is 0 Å². The molecule has 3 amide bonds. The monoisotopic (exact) mass is 230 g/mol. The van der Waals surface area contributed by atoms with Crippen molar-refractivity contribution < 1.29 is 9.59 Å². The number of nitrogens with one attached hydrogen (secondary N) is 1. The fourth-order valence-electron chi connectivity index (χ4n) is 0.642. The summed E-state index contributed by atoms with van der Waals surface area (Å²) in [6.07, 6.45) is 0. The van der Waals surface area contributed by atoms with Crippen molar-refractivity contribution in [1.82, 2.24) is 9.24 Å². The molecule has 1 heterocycles. The van der Waals surface area contributed by atoms with Crippen LogP contribution in [0.15, 0.2) is 0 Å². The van der Waals surface area contributed by atoms with Gasteiger partial charge in [-0.1, -0.05) is 0 Å². The zero-order valence-corrected chi connectivity index (χ0v) is 7.23. The average molecular weight is 231 g/mol. The van der Waals surface area contributed by atoms with E-state index in [-0.39, 0.29) is 35.5 Å². The number of imide groups is 1. The van der Waals surface area contributed by atoms with Gasteiger partial charge in [-0.3, -0.25) is 10.1 Å². The van der Waals surface area contributed by atoms with Crippen LogP contribution in [0.25, 0.3) is 0 Å². The first-order valence-electron chi connectivity index (χ1n) is 2.77. The molecule has 0 aromatic rings. The van der Waals surface area contributed by atoms with Crippen molar-refractivity contribution in [1.29, 1.82) is 0 Å². The van der Waals surface area contributed by atoms with Gasteiger partial charge in [-0.15, -0.1) is 0 Å². The van der Waals surface area contributed by atoms with Crippen molar-refractivity contribution in [3.05, 3.63) is 0 Å². The number of hydrogen-bond donors (Lipinski definition) is 1. The second-order valence-corrected chi connectivity index (χ2v) is 3.31.